The molecule has 0 saturated heterocycles. The Hall–Kier alpha value is -1.22. The molecule has 4 heteroatoms. The van der Waals surface area contributed by atoms with E-state index in [0.717, 1.165) is 18.6 Å². The molecule has 3 rings (SSSR count). The third-order valence-corrected chi connectivity index (χ3v) is 5.20. The number of halogens is 2. The highest BCUT2D eigenvalue weighted by molar-refractivity contribution is 6.42. The van der Waals surface area contributed by atoms with Crippen molar-refractivity contribution in [1.29, 1.82) is 0 Å². The van der Waals surface area contributed by atoms with Crippen molar-refractivity contribution >= 4 is 23.2 Å². The molecule has 1 aliphatic carbocycles. The molecular weight excluding hydrogens is 317 g/mol. The summed E-state index contributed by atoms with van der Waals surface area (Å²) in [6.45, 7) is 0. The molecule has 0 unspecified atom stereocenters. The number of likely N-dealkylation sites (N-methyl/N-ethyl adjacent to an activating group) is 1. The monoisotopic (exact) mass is 335 g/mol. The van der Waals surface area contributed by atoms with Crippen LogP contribution in [0.5, 0.6) is 5.75 Å². The van der Waals surface area contributed by atoms with Gasteiger partial charge in [-0.05, 0) is 49.2 Å². The fraction of sp³-hybridized carbons (Fsp3) is 0.333. The molecule has 1 N–H and O–H groups in total. The molecule has 0 aromatic heterocycles. The lowest BCUT2D eigenvalue weighted by atomic mass is 9.76. The van der Waals surface area contributed by atoms with Crippen LogP contribution in [0.25, 0.3) is 0 Å². The molecule has 0 saturated carbocycles. The maximum absolute atomic E-state index is 6.23. The second-order valence-corrected chi connectivity index (χ2v) is 6.50. The summed E-state index contributed by atoms with van der Waals surface area (Å²) in [5, 5.41) is 4.60. The van der Waals surface area contributed by atoms with Gasteiger partial charge < -0.3 is 10.1 Å². The second-order valence-electron chi connectivity index (χ2n) is 5.68. The van der Waals surface area contributed by atoms with Gasteiger partial charge in [-0.15, -0.1) is 0 Å². The van der Waals surface area contributed by atoms with Crippen LogP contribution in [0.1, 0.15) is 29.0 Å². The van der Waals surface area contributed by atoms with Crippen molar-refractivity contribution in [2.24, 2.45) is 0 Å². The average Bonchev–Trinajstić information content (AvgIpc) is 2.55. The highest BCUT2D eigenvalue weighted by Gasteiger charge is 2.30. The van der Waals surface area contributed by atoms with Gasteiger partial charge in [-0.2, -0.15) is 0 Å². The van der Waals surface area contributed by atoms with Crippen LogP contribution in [0.4, 0.5) is 0 Å². The van der Waals surface area contributed by atoms with Gasteiger partial charge in [0.05, 0.1) is 17.2 Å². The zero-order valence-electron chi connectivity index (χ0n) is 12.7. The van der Waals surface area contributed by atoms with Crippen molar-refractivity contribution in [3.63, 3.8) is 0 Å². The van der Waals surface area contributed by atoms with Crippen LogP contribution in [0.15, 0.2) is 36.4 Å². The van der Waals surface area contributed by atoms with E-state index in [-0.39, 0.29) is 5.92 Å². The average molecular weight is 336 g/mol. The summed E-state index contributed by atoms with van der Waals surface area (Å²) in [6, 6.07) is 12.6. The molecular formula is C18H19Cl2NO. The van der Waals surface area contributed by atoms with E-state index < -0.39 is 0 Å². The highest BCUT2D eigenvalue weighted by atomic mass is 35.5. The molecule has 2 nitrogen and oxygen atoms in total. The number of rotatable bonds is 3. The zero-order chi connectivity index (χ0) is 15.7. The maximum atomic E-state index is 6.23. The Kier molecular flexibility index (Phi) is 4.62. The molecule has 0 spiro atoms. The zero-order valence-corrected chi connectivity index (χ0v) is 14.2. The first-order valence-electron chi connectivity index (χ1n) is 7.42. The molecule has 0 heterocycles. The molecule has 0 aliphatic heterocycles. The van der Waals surface area contributed by atoms with Gasteiger partial charge in [-0.3, -0.25) is 0 Å². The van der Waals surface area contributed by atoms with E-state index in [1.807, 2.05) is 25.2 Å². The van der Waals surface area contributed by atoms with Gasteiger partial charge in [-0.1, -0.05) is 41.4 Å². The molecule has 0 amide bonds. The lowest BCUT2D eigenvalue weighted by Gasteiger charge is -2.33. The smallest absolute Gasteiger partial charge is 0.122 e. The summed E-state index contributed by atoms with van der Waals surface area (Å²) in [7, 11) is 3.74. The molecule has 1 aliphatic rings. The fourth-order valence-electron chi connectivity index (χ4n) is 3.34. The summed E-state index contributed by atoms with van der Waals surface area (Å²) < 4.78 is 5.61. The molecule has 0 bridgehead atoms. The van der Waals surface area contributed by atoms with E-state index in [9.17, 15) is 0 Å². The van der Waals surface area contributed by atoms with Gasteiger partial charge in [-0.25, -0.2) is 0 Å². The summed E-state index contributed by atoms with van der Waals surface area (Å²) >= 11 is 12.3. The third-order valence-electron chi connectivity index (χ3n) is 4.47. The fourth-order valence-corrected chi connectivity index (χ4v) is 3.65. The summed E-state index contributed by atoms with van der Waals surface area (Å²) in [6.07, 6.45) is 2.03. The molecule has 0 radical (unpaired) electrons. The van der Waals surface area contributed by atoms with Gasteiger partial charge in [0.15, 0.2) is 0 Å². The number of methoxy groups -OCH3 is 1. The minimum Gasteiger partial charge on any atom is -0.496 e. The Bertz CT molecular complexity index is 687. The van der Waals surface area contributed by atoms with Crippen molar-refractivity contribution in [3.05, 3.63) is 63.1 Å². The molecule has 2 aromatic carbocycles. The van der Waals surface area contributed by atoms with E-state index in [1.165, 1.54) is 16.7 Å². The van der Waals surface area contributed by atoms with Crippen molar-refractivity contribution in [2.75, 3.05) is 14.2 Å². The van der Waals surface area contributed by atoms with E-state index >= 15 is 0 Å². The quantitative estimate of drug-likeness (QED) is 0.880. The van der Waals surface area contributed by atoms with Gasteiger partial charge in [0.25, 0.3) is 0 Å². The number of hydrogen-bond acceptors (Lipinski definition) is 2. The van der Waals surface area contributed by atoms with Gasteiger partial charge in [0, 0.05) is 17.5 Å². The molecule has 0 fully saturated rings. The number of nitrogens with one attached hydrogen (secondary N) is 1. The number of hydrogen-bond donors (Lipinski definition) is 1. The van der Waals surface area contributed by atoms with Crippen LogP contribution in [0, 0.1) is 0 Å². The van der Waals surface area contributed by atoms with Crippen LogP contribution >= 0.6 is 23.2 Å². The normalized spacial score (nSPS) is 20.5. The van der Waals surface area contributed by atoms with Crippen molar-refractivity contribution in [1.82, 2.24) is 5.32 Å². The Labute approximate surface area is 141 Å². The van der Waals surface area contributed by atoms with Crippen LogP contribution in [0.2, 0.25) is 10.0 Å². The van der Waals surface area contributed by atoms with Gasteiger partial charge in [0.1, 0.15) is 5.75 Å². The van der Waals surface area contributed by atoms with Crippen LogP contribution < -0.4 is 10.1 Å². The summed E-state index contributed by atoms with van der Waals surface area (Å²) in [5.74, 6) is 1.20. The van der Waals surface area contributed by atoms with Crippen molar-refractivity contribution in [2.45, 2.75) is 24.8 Å². The molecule has 22 heavy (non-hydrogen) atoms. The van der Waals surface area contributed by atoms with Crippen LogP contribution in [0.3, 0.4) is 0 Å². The van der Waals surface area contributed by atoms with E-state index in [0.29, 0.717) is 16.1 Å². The maximum Gasteiger partial charge on any atom is 0.122 e. The lowest BCUT2D eigenvalue weighted by Crippen LogP contribution is -2.34. The predicted molar refractivity (Wildman–Crippen MR) is 92.5 cm³/mol. The topological polar surface area (TPSA) is 21.3 Å². The molecule has 116 valence electrons. The predicted octanol–water partition coefficient (Wildman–Crippen LogP) is 4.67. The second kappa shape index (κ2) is 6.49. The minimum atomic E-state index is 0.257. The number of benzene rings is 2. The van der Waals surface area contributed by atoms with E-state index in [1.54, 1.807) is 7.11 Å². The Morgan fingerprint density at radius 3 is 2.64 bits per heavy atom. The Morgan fingerprint density at radius 2 is 1.95 bits per heavy atom. The van der Waals surface area contributed by atoms with Crippen molar-refractivity contribution in [3.8, 4) is 5.75 Å². The largest absolute Gasteiger partial charge is 0.496 e. The first-order valence-corrected chi connectivity index (χ1v) is 8.17. The summed E-state index contributed by atoms with van der Waals surface area (Å²) in [4.78, 5) is 0. The molecule has 2 atom stereocenters. The summed E-state index contributed by atoms with van der Waals surface area (Å²) in [5.41, 5.74) is 3.79. The minimum absolute atomic E-state index is 0.257. The first-order chi connectivity index (χ1) is 10.6. The Morgan fingerprint density at radius 1 is 1.14 bits per heavy atom. The van der Waals surface area contributed by atoms with Crippen LogP contribution in [-0.2, 0) is 6.42 Å². The van der Waals surface area contributed by atoms with Gasteiger partial charge >= 0.3 is 0 Å². The highest BCUT2D eigenvalue weighted by Crippen LogP contribution is 2.42. The molecule has 2 aromatic rings. The first kappa shape index (κ1) is 15.7. The van der Waals surface area contributed by atoms with E-state index in [2.05, 4.69) is 23.5 Å². The Balaban J connectivity index is 2.12. The lowest BCUT2D eigenvalue weighted by molar-refractivity contribution is 0.392. The number of ether oxygens (including phenoxy) is 1. The van der Waals surface area contributed by atoms with Crippen molar-refractivity contribution < 1.29 is 4.74 Å². The SMILES string of the molecule is CN[C@H]1Cc2cccc(OC)c2[C@@H](c2ccc(Cl)c(Cl)c2)C1. The standard InChI is InChI=1S/C18H19Cl2NO/c1-21-13-8-12-4-3-5-17(22-2)18(12)14(10-13)11-6-7-15(19)16(20)9-11/h3-7,9,13-14,21H,8,10H2,1-2H3/t13-,14+/m0/s1. The van der Waals surface area contributed by atoms with E-state index in [4.69, 9.17) is 27.9 Å². The van der Waals surface area contributed by atoms with Gasteiger partial charge in [0.2, 0.25) is 0 Å². The number of fused-ring (bicyclic) bond motifs is 1. The third kappa shape index (κ3) is 2.83. The van der Waals surface area contributed by atoms with Crippen LogP contribution in [-0.4, -0.2) is 20.2 Å².